The molecule has 2 saturated heterocycles. The molecule has 2 fully saturated rings. The molecular formula is C20H23N3O2. The largest absolute Gasteiger partial charge is 0.497 e. The summed E-state index contributed by atoms with van der Waals surface area (Å²) in [5, 5.41) is 0. The zero-order valence-electron chi connectivity index (χ0n) is 14.5. The third kappa shape index (κ3) is 3.37. The average Bonchev–Trinajstić information content (AvgIpc) is 3.16. The van der Waals surface area contributed by atoms with Gasteiger partial charge in [0.05, 0.1) is 13.0 Å². The van der Waals surface area contributed by atoms with E-state index in [2.05, 4.69) is 16.0 Å². The van der Waals surface area contributed by atoms with Crippen LogP contribution in [-0.4, -0.2) is 47.4 Å². The first-order valence-electron chi connectivity index (χ1n) is 8.76. The highest BCUT2D eigenvalue weighted by Gasteiger charge is 2.45. The quantitative estimate of drug-likeness (QED) is 0.839. The maximum atomic E-state index is 12.8. The number of hydrogen-bond donors (Lipinski definition) is 0. The smallest absolute Gasteiger partial charge is 0.227 e. The lowest BCUT2D eigenvalue weighted by Crippen LogP contribution is -2.32. The molecule has 2 aromatic rings. The first-order valence-corrected chi connectivity index (χ1v) is 8.76. The molecule has 130 valence electrons. The van der Waals surface area contributed by atoms with Crippen LogP contribution in [-0.2, 0) is 17.9 Å². The Morgan fingerprint density at radius 3 is 2.60 bits per heavy atom. The van der Waals surface area contributed by atoms with Crippen molar-refractivity contribution in [1.82, 2.24) is 14.8 Å². The van der Waals surface area contributed by atoms with Crippen molar-refractivity contribution in [1.29, 1.82) is 0 Å². The number of hydrogen-bond acceptors (Lipinski definition) is 4. The van der Waals surface area contributed by atoms with Gasteiger partial charge >= 0.3 is 0 Å². The number of methoxy groups -OCH3 is 1. The number of fused-ring (bicyclic) bond motifs is 1. The van der Waals surface area contributed by atoms with Gasteiger partial charge < -0.3 is 9.64 Å². The molecule has 5 heteroatoms. The summed E-state index contributed by atoms with van der Waals surface area (Å²) < 4.78 is 5.19. The van der Waals surface area contributed by atoms with Crippen molar-refractivity contribution < 1.29 is 9.53 Å². The van der Waals surface area contributed by atoms with Crippen LogP contribution >= 0.6 is 0 Å². The van der Waals surface area contributed by atoms with Crippen molar-refractivity contribution >= 4 is 5.91 Å². The molecule has 0 unspecified atom stereocenters. The fraction of sp³-hybridized carbons (Fsp3) is 0.400. The van der Waals surface area contributed by atoms with Gasteiger partial charge in [-0.2, -0.15) is 0 Å². The predicted octanol–water partition coefficient (Wildman–Crippen LogP) is 2.18. The third-order valence-electron chi connectivity index (χ3n) is 5.26. The minimum atomic E-state index is 0.148. The highest BCUT2D eigenvalue weighted by molar-refractivity contribution is 5.82. The number of aromatic nitrogens is 1. The maximum Gasteiger partial charge on any atom is 0.227 e. The van der Waals surface area contributed by atoms with Gasteiger partial charge in [0.25, 0.3) is 0 Å². The van der Waals surface area contributed by atoms with Gasteiger partial charge in [0, 0.05) is 51.0 Å². The SMILES string of the molecule is COc1ccc(CN2C[C@@H]3CN(Cc4cccnc4)C[C@@H]3C2=O)cc1. The molecule has 2 atom stereocenters. The summed E-state index contributed by atoms with van der Waals surface area (Å²) in [6.07, 6.45) is 3.70. The van der Waals surface area contributed by atoms with Gasteiger partial charge in [-0.3, -0.25) is 14.7 Å². The highest BCUT2D eigenvalue weighted by Crippen LogP contribution is 2.33. The van der Waals surface area contributed by atoms with E-state index in [4.69, 9.17) is 4.74 Å². The summed E-state index contributed by atoms with van der Waals surface area (Å²) in [6, 6.07) is 12.0. The molecule has 1 amide bonds. The summed E-state index contributed by atoms with van der Waals surface area (Å²) in [4.78, 5) is 21.3. The third-order valence-corrected chi connectivity index (χ3v) is 5.26. The Balaban J connectivity index is 1.35. The van der Waals surface area contributed by atoms with E-state index in [9.17, 15) is 4.79 Å². The molecule has 0 aliphatic carbocycles. The molecule has 0 N–H and O–H groups in total. The molecule has 25 heavy (non-hydrogen) atoms. The Labute approximate surface area is 148 Å². The number of benzene rings is 1. The second-order valence-corrected chi connectivity index (χ2v) is 6.99. The molecule has 5 nitrogen and oxygen atoms in total. The lowest BCUT2D eigenvalue weighted by Gasteiger charge is -2.21. The molecule has 1 aromatic carbocycles. The number of carbonyl (C=O) groups is 1. The summed E-state index contributed by atoms with van der Waals surface area (Å²) in [5.74, 6) is 1.74. The van der Waals surface area contributed by atoms with Crippen molar-refractivity contribution in [3.05, 3.63) is 59.9 Å². The Kier molecular flexibility index (Phi) is 4.40. The molecule has 0 radical (unpaired) electrons. The van der Waals surface area contributed by atoms with E-state index in [0.29, 0.717) is 18.4 Å². The molecule has 0 spiro atoms. The average molecular weight is 337 g/mol. The predicted molar refractivity (Wildman–Crippen MR) is 94.9 cm³/mol. The summed E-state index contributed by atoms with van der Waals surface area (Å²) in [5.41, 5.74) is 2.37. The second-order valence-electron chi connectivity index (χ2n) is 6.99. The Morgan fingerprint density at radius 1 is 1.08 bits per heavy atom. The van der Waals surface area contributed by atoms with Gasteiger partial charge in [-0.15, -0.1) is 0 Å². The van der Waals surface area contributed by atoms with Crippen molar-refractivity contribution in [2.75, 3.05) is 26.7 Å². The fourth-order valence-corrected chi connectivity index (χ4v) is 4.01. The number of nitrogens with zero attached hydrogens (tertiary/aromatic N) is 3. The number of pyridine rings is 1. The number of amides is 1. The molecule has 2 aliphatic rings. The normalized spacial score (nSPS) is 23.1. The zero-order chi connectivity index (χ0) is 17.2. The molecule has 2 aliphatic heterocycles. The summed E-state index contributed by atoms with van der Waals surface area (Å²) >= 11 is 0. The van der Waals surface area contributed by atoms with E-state index < -0.39 is 0 Å². The lowest BCUT2D eigenvalue weighted by atomic mass is 10.0. The molecular weight excluding hydrogens is 314 g/mol. The molecule has 1 aromatic heterocycles. The van der Waals surface area contributed by atoms with E-state index in [1.165, 1.54) is 5.56 Å². The lowest BCUT2D eigenvalue weighted by molar-refractivity contribution is -0.131. The maximum absolute atomic E-state index is 12.8. The van der Waals surface area contributed by atoms with Gasteiger partial charge in [-0.05, 0) is 29.3 Å². The van der Waals surface area contributed by atoms with Crippen LogP contribution in [0.5, 0.6) is 5.75 Å². The fourth-order valence-electron chi connectivity index (χ4n) is 4.01. The van der Waals surface area contributed by atoms with Crippen LogP contribution in [0.1, 0.15) is 11.1 Å². The second kappa shape index (κ2) is 6.84. The Bertz CT molecular complexity index is 732. The minimum absolute atomic E-state index is 0.148. The van der Waals surface area contributed by atoms with Crippen LogP contribution in [0.15, 0.2) is 48.8 Å². The Hall–Kier alpha value is -2.40. The van der Waals surface area contributed by atoms with Crippen molar-refractivity contribution in [2.45, 2.75) is 13.1 Å². The van der Waals surface area contributed by atoms with Crippen LogP contribution in [0, 0.1) is 11.8 Å². The molecule has 0 saturated carbocycles. The highest BCUT2D eigenvalue weighted by atomic mass is 16.5. The standard InChI is InChI=1S/C20H23N3O2/c1-25-18-6-4-15(5-7-18)11-23-13-17-12-22(14-19(17)20(23)24)10-16-3-2-8-21-9-16/h2-9,17,19H,10-14H2,1H3/t17-,19-/m0/s1. The molecule has 3 heterocycles. The summed E-state index contributed by atoms with van der Waals surface area (Å²) in [6.45, 7) is 4.28. The van der Waals surface area contributed by atoms with Gasteiger partial charge in [0.1, 0.15) is 5.75 Å². The monoisotopic (exact) mass is 337 g/mol. The number of rotatable bonds is 5. The molecule has 0 bridgehead atoms. The Morgan fingerprint density at radius 2 is 1.92 bits per heavy atom. The van der Waals surface area contributed by atoms with Gasteiger partial charge in [0.15, 0.2) is 0 Å². The van der Waals surface area contributed by atoms with Gasteiger partial charge in [0.2, 0.25) is 5.91 Å². The van der Waals surface area contributed by atoms with Crippen LogP contribution in [0.2, 0.25) is 0 Å². The van der Waals surface area contributed by atoms with Crippen LogP contribution in [0.3, 0.4) is 0 Å². The number of carbonyl (C=O) groups excluding carboxylic acids is 1. The summed E-state index contributed by atoms with van der Waals surface area (Å²) in [7, 11) is 1.66. The van der Waals surface area contributed by atoms with Crippen LogP contribution in [0.25, 0.3) is 0 Å². The van der Waals surface area contributed by atoms with Crippen molar-refractivity contribution in [2.24, 2.45) is 11.8 Å². The van der Waals surface area contributed by atoms with Crippen LogP contribution < -0.4 is 4.74 Å². The van der Waals surface area contributed by atoms with E-state index >= 15 is 0 Å². The van der Waals surface area contributed by atoms with Gasteiger partial charge in [-0.1, -0.05) is 18.2 Å². The first-order chi connectivity index (χ1) is 12.2. The van der Waals surface area contributed by atoms with E-state index in [-0.39, 0.29) is 5.92 Å². The first kappa shape index (κ1) is 16.1. The van der Waals surface area contributed by atoms with E-state index in [1.807, 2.05) is 41.4 Å². The topological polar surface area (TPSA) is 45.7 Å². The number of likely N-dealkylation sites (tertiary alicyclic amines) is 2. The number of ether oxygens (including phenoxy) is 1. The minimum Gasteiger partial charge on any atom is -0.497 e. The van der Waals surface area contributed by atoms with E-state index in [0.717, 1.165) is 37.5 Å². The van der Waals surface area contributed by atoms with Crippen LogP contribution in [0.4, 0.5) is 0 Å². The zero-order valence-corrected chi connectivity index (χ0v) is 14.5. The van der Waals surface area contributed by atoms with E-state index in [1.54, 1.807) is 13.3 Å². The molecule has 4 rings (SSSR count). The van der Waals surface area contributed by atoms with Crippen molar-refractivity contribution in [3.63, 3.8) is 0 Å². The van der Waals surface area contributed by atoms with Gasteiger partial charge in [-0.25, -0.2) is 0 Å². The van der Waals surface area contributed by atoms with Crippen molar-refractivity contribution in [3.8, 4) is 5.75 Å².